The summed E-state index contributed by atoms with van der Waals surface area (Å²) < 4.78 is 32.0. The molecule has 0 aromatic heterocycles. The first-order valence-corrected chi connectivity index (χ1v) is 6.69. The second kappa shape index (κ2) is 6.76. The lowest BCUT2D eigenvalue weighted by Gasteiger charge is -2.25. The van der Waals surface area contributed by atoms with E-state index in [0.717, 1.165) is 6.07 Å². The van der Waals surface area contributed by atoms with Crippen LogP contribution in [0.15, 0.2) is 18.2 Å². The smallest absolute Gasteiger partial charge is 0.238 e. The number of carbonyl (C=O) groups excluding carboxylic acids is 1. The van der Waals surface area contributed by atoms with Gasteiger partial charge in [-0.15, -0.1) is 0 Å². The molecule has 1 unspecified atom stereocenters. The van der Waals surface area contributed by atoms with Gasteiger partial charge in [-0.2, -0.15) is 0 Å². The van der Waals surface area contributed by atoms with E-state index in [1.807, 2.05) is 6.92 Å². The van der Waals surface area contributed by atoms with Crippen LogP contribution in [0.2, 0.25) is 0 Å². The van der Waals surface area contributed by atoms with Gasteiger partial charge in [0.1, 0.15) is 17.8 Å². The van der Waals surface area contributed by atoms with Gasteiger partial charge in [-0.1, -0.05) is 0 Å². The summed E-state index contributed by atoms with van der Waals surface area (Å²) in [7, 11) is 0. The zero-order chi connectivity index (χ0) is 14.5. The molecule has 0 saturated carbocycles. The SMILES string of the molecule is CCOCCCN1C(=O)CNC1c1ccc(F)cc1F. The average Bonchev–Trinajstić information content (AvgIpc) is 2.76. The van der Waals surface area contributed by atoms with Gasteiger partial charge in [-0.05, 0) is 25.5 Å². The molecule has 1 aromatic carbocycles. The minimum Gasteiger partial charge on any atom is -0.382 e. The Morgan fingerprint density at radius 3 is 2.95 bits per heavy atom. The molecule has 110 valence electrons. The van der Waals surface area contributed by atoms with Crippen molar-refractivity contribution in [1.82, 2.24) is 10.2 Å². The molecule has 1 aromatic rings. The first-order chi connectivity index (χ1) is 9.63. The molecule has 1 aliphatic rings. The highest BCUT2D eigenvalue weighted by Gasteiger charge is 2.32. The van der Waals surface area contributed by atoms with E-state index >= 15 is 0 Å². The first-order valence-electron chi connectivity index (χ1n) is 6.69. The zero-order valence-electron chi connectivity index (χ0n) is 11.4. The lowest BCUT2D eigenvalue weighted by atomic mass is 10.1. The highest BCUT2D eigenvalue weighted by atomic mass is 19.1. The summed E-state index contributed by atoms with van der Waals surface area (Å²) in [6.07, 6.45) is 0.144. The molecule has 0 spiro atoms. The van der Waals surface area contributed by atoms with Crippen molar-refractivity contribution >= 4 is 5.91 Å². The Balaban J connectivity index is 2.07. The maximum atomic E-state index is 13.8. The summed E-state index contributed by atoms with van der Waals surface area (Å²) in [6.45, 7) is 3.73. The van der Waals surface area contributed by atoms with Crippen molar-refractivity contribution in [3.8, 4) is 0 Å². The van der Waals surface area contributed by atoms with Crippen LogP contribution in [0.1, 0.15) is 25.1 Å². The molecule has 1 fully saturated rings. The lowest BCUT2D eigenvalue weighted by molar-refractivity contribution is -0.128. The van der Waals surface area contributed by atoms with Crippen LogP contribution in [0.5, 0.6) is 0 Å². The molecule has 2 rings (SSSR count). The molecule has 1 atom stereocenters. The number of amides is 1. The normalized spacial score (nSPS) is 18.9. The van der Waals surface area contributed by atoms with Crippen molar-refractivity contribution in [2.24, 2.45) is 0 Å². The number of hydrogen-bond acceptors (Lipinski definition) is 3. The molecule has 0 aliphatic carbocycles. The second-order valence-electron chi connectivity index (χ2n) is 4.59. The van der Waals surface area contributed by atoms with Gasteiger partial charge < -0.3 is 9.64 Å². The number of carbonyl (C=O) groups is 1. The number of rotatable bonds is 6. The Hall–Kier alpha value is -1.53. The zero-order valence-corrected chi connectivity index (χ0v) is 11.4. The van der Waals surface area contributed by atoms with Crippen LogP contribution in [-0.2, 0) is 9.53 Å². The first kappa shape index (κ1) is 14.9. The van der Waals surface area contributed by atoms with E-state index in [2.05, 4.69) is 5.32 Å². The van der Waals surface area contributed by atoms with E-state index in [-0.39, 0.29) is 18.0 Å². The largest absolute Gasteiger partial charge is 0.382 e. The molecule has 1 saturated heterocycles. The quantitative estimate of drug-likeness (QED) is 0.810. The van der Waals surface area contributed by atoms with Gasteiger partial charge in [-0.25, -0.2) is 8.78 Å². The number of ether oxygens (including phenoxy) is 1. The Kier molecular flexibility index (Phi) is 5.03. The molecular formula is C14H18F2N2O2. The molecule has 1 heterocycles. The molecular weight excluding hydrogens is 266 g/mol. The van der Waals surface area contributed by atoms with Crippen molar-refractivity contribution in [2.75, 3.05) is 26.3 Å². The van der Waals surface area contributed by atoms with Crippen LogP contribution in [0.4, 0.5) is 8.78 Å². The third-order valence-corrected chi connectivity index (χ3v) is 3.23. The maximum Gasteiger partial charge on any atom is 0.238 e. The van der Waals surface area contributed by atoms with Gasteiger partial charge in [-0.3, -0.25) is 10.1 Å². The molecule has 4 nitrogen and oxygen atoms in total. The fourth-order valence-electron chi connectivity index (χ4n) is 2.28. The summed E-state index contributed by atoms with van der Waals surface area (Å²) in [5.74, 6) is -1.36. The summed E-state index contributed by atoms with van der Waals surface area (Å²) in [5.41, 5.74) is 0.286. The molecule has 1 aliphatic heterocycles. The number of halogens is 2. The number of benzene rings is 1. The Labute approximate surface area is 116 Å². The Bertz CT molecular complexity index is 482. The van der Waals surface area contributed by atoms with Crippen molar-refractivity contribution in [3.05, 3.63) is 35.4 Å². The maximum absolute atomic E-state index is 13.8. The van der Waals surface area contributed by atoms with Crippen LogP contribution in [0, 0.1) is 11.6 Å². The van der Waals surface area contributed by atoms with Gasteiger partial charge in [0.25, 0.3) is 0 Å². The van der Waals surface area contributed by atoms with Crippen molar-refractivity contribution in [1.29, 1.82) is 0 Å². The van der Waals surface area contributed by atoms with Gasteiger partial charge in [0, 0.05) is 31.4 Å². The molecule has 1 N–H and O–H groups in total. The number of nitrogens with zero attached hydrogens (tertiary/aromatic N) is 1. The van der Waals surface area contributed by atoms with E-state index in [1.165, 1.54) is 12.1 Å². The average molecular weight is 284 g/mol. The molecule has 0 bridgehead atoms. The summed E-state index contributed by atoms with van der Waals surface area (Å²) in [6, 6.07) is 3.40. The summed E-state index contributed by atoms with van der Waals surface area (Å²) in [4.78, 5) is 13.4. The minimum atomic E-state index is -0.646. The number of nitrogens with one attached hydrogen (secondary N) is 1. The van der Waals surface area contributed by atoms with Crippen molar-refractivity contribution in [2.45, 2.75) is 19.5 Å². The predicted molar refractivity (Wildman–Crippen MR) is 69.9 cm³/mol. The van der Waals surface area contributed by atoms with Gasteiger partial charge in [0.2, 0.25) is 5.91 Å². The lowest BCUT2D eigenvalue weighted by Crippen LogP contribution is -2.32. The van der Waals surface area contributed by atoms with Gasteiger partial charge in [0.15, 0.2) is 0 Å². The summed E-state index contributed by atoms with van der Waals surface area (Å²) >= 11 is 0. The standard InChI is InChI=1S/C14H18F2N2O2/c1-2-20-7-3-6-18-13(19)9-17-14(18)11-5-4-10(15)8-12(11)16/h4-5,8,14,17H,2-3,6-7,9H2,1H3. The van der Waals surface area contributed by atoms with E-state index in [4.69, 9.17) is 4.74 Å². The second-order valence-corrected chi connectivity index (χ2v) is 4.59. The third kappa shape index (κ3) is 3.32. The Morgan fingerprint density at radius 1 is 1.45 bits per heavy atom. The minimum absolute atomic E-state index is 0.0878. The topological polar surface area (TPSA) is 41.6 Å². The van der Waals surface area contributed by atoms with Crippen molar-refractivity contribution in [3.63, 3.8) is 0 Å². The highest BCUT2D eigenvalue weighted by Crippen LogP contribution is 2.25. The van der Waals surface area contributed by atoms with Crippen LogP contribution in [0.25, 0.3) is 0 Å². The monoisotopic (exact) mass is 284 g/mol. The fraction of sp³-hybridized carbons (Fsp3) is 0.500. The molecule has 6 heteroatoms. The molecule has 20 heavy (non-hydrogen) atoms. The highest BCUT2D eigenvalue weighted by molar-refractivity contribution is 5.80. The van der Waals surface area contributed by atoms with Crippen LogP contribution < -0.4 is 5.32 Å². The Morgan fingerprint density at radius 2 is 2.25 bits per heavy atom. The van der Waals surface area contributed by atoms with Crippen LogP contribution in [-0.4, -0.2) is 37.1 Å². The third-order valence-electron chi connectivity index (χ3n) is 3.23. The number of hydrogen-bond donors (Lipinski definition) is 1. The van der Waals surface area contributed by atoms with E-state index in [9.17, 15) is 13.6 Å². The molecule has 1 amide bonds. The predicted octanol–water partition coefficient (Wildman–Crippen LogP) is 1.82. The van der Waals surface area contributed by atoms with E-state index in [1.54, 1.807) is 4.90 Å². The molecule has 0 radical (unpaired) electrons. The van der Waals surface area contributed by atoms with Gasteiger partial charge in [0.05, 0.1) is 6.54 Å². The van der Waals surface area contributed by atoms with Crippen LogP contribution >= 0.6 is 0 Å². The van der Waals surface area contributed by atoms with Gasteiger partial charge >= 0.3 is 0 Å². The van der Waals surface area contributed by atoms with E-state index < -0.39 is 17.8 Å². The van der Waals surface area contributed by atoms with Crippen molar-refractivity contribution < 1.29 is 18.3 Å². The summed E-state index contributed by atoms with van der Waals surface area (Å²) in [5, 5.41) is 2.95. The van der Waals surface area contributed by atoms with Crippen LogP contribution in [0.3, 0.4) is 0 Å². The fourth-order valence-corrected chi connectivity index (χ4v) is 2.28. The van der Waals surface area contributed by atoms with E-state index in [0.29, 0.717) is 26.2 Å².